The summed E-state index contributed by atoms with van der Waals surface area (Å²) in [7, 11) is 0. The highest BCUT2D eigenvalue weighted by molar-refractivity contribution is 5.88. The third-order valence-electron chi connectivity index (χ3n) is 7.14. The zero-order chi connectivity index (χ0) is 18.3. The van der Waals surface area contributed by atoms with Gasteiger partial charge < -0.3 is 15.3 Å². The number of fused-ring (bicyclic) bond motifs is 1. The van der Waals surface area contributed by atoms with Crippen molar-refractivity contribution >= 4 is 5.97 Å². The number of carbonyl (C=O) groups is 1. The van der Waals surface area contributed by atoms with Crippen molar-refractivity contribution in [2.75, 3.05) is 0 Å². The van der Waals surface area contributed by atoms with Crippen LogP contribution in [0.4, 0.5) is 0 Å². The molecule has 136 valence electrons. The van der Waals surface area contributed by atoms with Gasteiger partial charge in [0.25, 0.3) is 0 Å². The monoisotopic (exact) mass is 336 g/mol. The van der Waals surface area contributed by atoms with Crippen LogP contribution in [0.25, 0.3) is 0 Å². The van der Waals surface area contributed by atoms with Crippen LogP contribution in [-0.2, 0) is 4.79 Å². The Morgan fingerprint density at radius 2 is 2.12 bits per heavy atom. The topological polar surface area (TPSA) is 77.8 Å². The van der Waals surface area contributed by atoms with Gasteiger partial charge in [-0.2, -0.15) is 0 Å². The lowest BCUT2D eigenvalue weighted by Crippen LogP contribution is -2.58. The highest BCUT2D eigenvalue weighted by Gasteiger charge is 2.59. The summed E-state index contributed by atoms with van der Waals surface area (Å²) >= 11 is 0. The minimum absolute atomic E-state index is 0.0838. The molecule has 0 saturated heterocycles. The number of rotatable bonds is 5. The lowest BCUT2D eigenvalue weighted by molar-refractivity contribution is -0.149. The van der Waals surface area contributed by atoms with Crippen LogP contribution in [0, 0.1) is 22.7 Å². The molecule has 0 aromatic heterocycles. The first kappa shape index (κ1) is 19.2. The van der Waals surface area contributed by atoms with Crippen LogP contribution in [0.5, 0.6) is 0 Å². The fraction of sp³-hybridized carbons (Fsp3) is 0.750. The average Bonchev–Trinajstić information content (AvgIpc) is 2.51. The predicted octanol–water partition coefficient (Wildman–Crippen LogP) is 3.54. The number of aliphatic hydroxyl groups is 2. The first-order chi connectivity index (χ1) is 11.0. The van der Waals surface area contributed by atoms with Crippen molar-refractivity contribution < 1.29 is 20.1 Å². The van der Waals surface area contributed by atoms with Gasteiger partial charge in [-0.1, -0.05) is 32.9 Å². The summed E-state index contributed by atoms with van der Waals surface area (Å²) in [6.07, 6.45) is 6.28. The fourth-order valence-corrected chi connectivity index (χ4v) is 5.08. The van der Waals surface area contributed by atoms with Gasteiger partial charge in [0.1, 0.15) is 0 Å². The SMILES string of the molecule is C=CC(C)(O)CC[C@@]1(C)[C@H](C)C[C@H](O)[C@@]2(C)C(C(=O)O)=CCC[C@H]12. The van der Waals surface area contributed by atoms with Crippen molar-refractivity contribution in [3.63, 3.8) is 0 Å². The number of carboxylic acid groups (broad SMARTS) is 1. The molecule has 0 spiro atoms. The van der Waals surface area contributed by atoms with Gasteiger partial charge in [0.15, 0.2) is 0 Å². The minimum atomic E-state index is -0.921. The zero-order valence-electron chi connectivity index (χ0n) is 15.4. The molecule has 2 aliphatic carbocycles. The van der Waals surface area contributed by atoms with E-state index >= 15 is 0 Å². The molecule has 0 heterocycles. The van der Waals surface area contributed by atoms with E-state index < -0.39 is 23.1 Å². The Hall–Kier alpha value is -1.13. The fourth-order valence-electron chi connectivity index (χ4n) is 5.08. The number of hydrogen-bond donors (Lipinski definition) is 3. The van der Waals surface area contributed by atoms with Crippen molar-refractivity contribution in [3.8, 4) is 0 Å². The van der Waals surface area contributed by atoms with E-state index in [1.165, 1.54) is 0 Å². The molecule has 0 aromatic carbocycles. The van der Waals surface area contributed by atoms with Crippen LogP contribution in [0.1, 0.15) is 59.8 Å². The summed E-state index contributed by atoms with van der Waals surface area (Å²) in [4.78, 5) is 11.8. The Kier molecular flexibility index (Phi) is 5.04. The predicted molar refractivity (Wildman–Crippen MR) is 94.5 cm³/mol. The van der Waals surface area contributed by atoms with Crippen LogP contribution in [0.15, 0.2) is 24.3 Å². The van der Waals surface area contributed by atoms with E-state index in [4.69, 9.17) is 0 Å². The molecule has 0 bridgehead atoms. The van der Waals surface area contributed by atoms with Gasteiger partial charge in [0, 0.05) is 11.0 Å². The molecule has 1 fully saturated rings. The molecule has 4 heteroatoms. The molecule has 24 heavy (non-hydrogen) atoms. The lowest BCUT2D eigenvalue weighted by atomic mass is 9.45. The van der Waals surface area contributed by atoms with Crippen molar-refractivity contribution in [2.45, 2.75) is 71.5 Å². The molecule has 6 atom stereocenters. The van der Waals surface area contributed by atoms with Crippen molar-refractivity contribution in [1.29, 1.82) is 0 Å². The van der Waals surface area contributed by atoms with E-state index in [0.717, 1.165) is 19.3 Å². The van der Waals surface area contributed by atoms with Gasteiger partial charge >= 0.3 is 5.97 Å². The Balaban J connectivity index is 2.41. The molecule has 1 saturated carbocycles. The van der Waals surface area contributed by atoms with Gasteiger partial charge in [0.05, 0.1) is 11.7 Å². The van der Waals surface area contributed by atoms with E-state index in [0.29, 0.717) is 18.4 Å². The maximum absolute atomic E-state index is 11.8. The Morgan fingerprint density at radius 3 is 2.67 bits per heavy atom. The van der Waals surface area contributed by atoms with Crippen LogP contribution in [-0.4, -0.2) is 33.0 Å². The third-order valence-corrected chi connectivity index (χ3v) is 7.14. The summed E-state index contributed by atoms with van der Waals surface area (Å²) in [5.74, 6) is -0.573. The molecular formula is C20H32O4. The first-order valence-electron chi connectivity index (χ1n) is 8.97. The second-order valence-electron chi connectivity index (χ2n) is 8.56. The maximum Gasteiger partial charge on any atom is 0.331 e. The number of aliphatic hydroxyl groups excluding tert-OH is 1. The molecular weight excluding hydrogens is 304 g/mol. The standard InChI is InChI=1S/C20H32O4/c1-6-18(3,24)10-11-19(4)13(2)12-16(21)20(5)14(17(22)23)8-7-9-15(19)20/h6,8,13,15-16,21,24H,1,7,9-12H2,2-5H3,(H,22,23)/t13-,15-,16+,18?,19+,20+/m1/s1. The summed E-state index contributed by atoms with van der Waals surface area (Å²) < 4.78 is 0. The Bertz CT molecular complexity index is 550. The van der Waals surface area contributed by atoms with Crippen LogP contribution < -0.4 is 0 Å². The largest absolute Gasteiger partial charge is 0.478 e. The zero-order valence-corrected chi connectivity index (χ0v) is 15.4. The summed E-state index contributed by atoms with van der Waals surface area (Å²) in [5.41, 5.74) is -1.42. The van der Waals surface area contributed by atoms with Gasteiger partial charge in [-0.05, 0) is 56.3 Å². The van der Waals surface area contributed by atoms with E-state index in [-0.39, 0.29) is 17.3 Å². The van der Waals surface area contributed by atoms with E-state index in [9.17, 15) is 20.1 Å². The molecule has 2 aliphatic rings. The number of aliphatic carboxylic acids is 1. The molecule has 2 rings (SSSR count). The van der Waals surface area contributed by atoms with Gasteiger partial charge in [-0.15, -0.1) is 6.58 Å². The summed E-state index contributed by atoms with van der Waals surface area (Å²) in [6, 6.07) is 0. The molecule has 0 radical (unpaired) electrons. The molecule has 1 unspecified atom stereocenters. The van der Waals surface area contributed by atoms with E-state index in [2.05, 4.69) is 20.4 Å². The molecule has 0 aromatic rings. The number of allylic oxidation sites excluding steroid dienone is 1. The van der Waals surface area contributed by atoms with Gasteiger partial charge in [0.2, 0.25) is 0 Å². The second kappa shape index (κ2) is 6.30. The van der Waals surface area contributed by atoms with Gasteiger partial charge in [-0.25, -0.2) is 4.79 Å². The highest BCUT2D eigenvalue weighted by Crippen LogP contribution is 2.62. The Labute approximate surface area is 145 Å². The third kappa shape index (κ3) is 2.95. The maximum atomic E-state index is 11.8. The normalized spacial score (nSPS) is 41.8. The molecule has 0 amide bonds. The Morgan fingerprint density at radius 1 is 1.50 bits per heavy atom. The first-order valence-corrected chi connectivity index (χ1v) is 8.97. The van der Waals surface area contributed by atoms with Crippen molar-refractivity contribution in [2.24, 2.45) is 22.7 Å². The summed E-state index contributed by atoms with van der Waals surface area (Å²) in [5, 5.41) is 30.8. The molecule has 0 aliphatic heterocycles. The number of hydrogen-bond acceptors (Lipinski definition) is 3. The summed E-state index contributed by atoms with van der Waals surface area (Å²) in [6.45, 7) is 11.7. The van der Waals surface area contributed by atoms with Crippen LogP contribution >= 0.6 is 0 Å². The number of carboxylic acids is 1. The quantitative estimate of drug-likeness (QED) is 0.671. The molecule has 3 N–H and O–H groups in total. The smallest absolute Gasteiger partial charge is 0.331 e. The molecule has 4 nitrogen and oxygen atoms in total. The van der Waals surface area contributed by atoms with Crippen molar-refractivity contribution in [3.05, 3.63) is 24.3 Å². The average molecular weight is 336 g/mol. The highest BCUT2D eigenvalue weighted by atomic mass is 16.4. The van der Waals surface area contributed by atoms with E-state index in [1.54, 1.807) is 19.1 Å². The van der Waals surface area contributed by atoms with Crippen LogP contribution in [0.3, 0.4) is 0 Å². The van der Waals surface area contributed by atoms with Crippen molar-refractivity contribution in [1.82, 2.24) is 0 Å². The lowest BCUT2D eigenvalue weighted by Gasteiger charge is -2.59. The van der Waals surface area contributed by atoms with Gasteiger partial charge in [-0.3, -0.25) is 0 Å². The van der Waals surface area contributed by atoms with Crippen LogP contribution in [0.2, 0.25) is 0 Å². The minimum Gasteiger partial charge on any atom is -0.478 e. The second-order valence-corrected chi connectivity index (χ2v) is 8.56. The van der Waals surface area contributed by atoms with E-state index in [1.807, 2.05) is 6.92 Å².